The predicted octanol–water partition coefficient (Wildman–Crippen LogP) is 1.12. The third-order valence-electron chi connectivity index (χ3n) is 1.18. The first-order valence-corrected chi connectivity index (χ1v) is 5.96. The molecule has 0 aliphatic rings. The number of hydrogen-bond donors (Lipinski definition) is 2. The lowest BCUT2D eigenvalue weighted by Crippen LogP contribution is -2.32. The van der Waals surface area contributed by atoms with Gasteiger partial charge in [-0.25, -0.2) is 0 Å². The minimum atomic E-state index is -3.65. The first-order valence-electron chi connectivity index (χ1n) is 4.16. The van der Waals surface area contributed by atoms with Crippen LogP contribution in [0.5, 0.6) is 0 Å². The largest absolute Gasteiger partial charge is 0.433 e. The maximum Gasteiger partial charge on any atom is 0.310 e. The van der Waals surface area contributed by atoms with Gasteiger partial charge in [-0.3, -0.25) is 9.32 Å². The molecule has 84 valence electrons. The molecule has 14 heavy (non-hydrogen) atoms. The highest BCUT2D eigenvalue weighted by Crippen LogP contribution is 2.41. The van der Waals surface area contributed by atoms with E-state index >= 15 is 0 Å². The molecule has 0 heterocycles. The molecule has 0 saturated heterocycles. The summed E-state index contributed by atoms with van der Waals surface area (Å²) in [4.78, 5) is 29.1. The fourth-order valence-electron chi connectivity index (χ4n) is 0.731. The maximum atomic E-state index is 11.2. The standard InChI is InChI=1S/C8H17O5P/c1-6(2)7(9)12-8(3,4)13-14(5,10)11/h6,10-11H,5H2,1-4H3. The summed E-state index contributed by atoms with van der Waals surface area (Å²) in [6.07, 6.45) is 3.02. The normalized spacial score (nSPS) is 13.1. The van der Waals surface area contributed by atoms with Gasteiger partial charge in [0.25, 0.3) is 0 Å². The Morgan fingerprint density at radius 2 is 1.86 bits per heavy atom. The Morgan fingerprint density at radius 3 is 2.14 bits per heavy atom. The van der Waals surface area contributed by atoms with Gasteiger partial charge in [0.05, 0.1) is 5.92 Å². The molecular formula is C8H17O5P. The van der Waals surface area contributed by atoms with E-state index in [1.807, 2.05) is 0 Å². The summed E-state index contributed by atoms with van der Waals surface area (Å²) >= 11 is 0. The lowest BCUT2D eigenvalue weighted by molar-refractivity contribution is -0.191. The Hall–Kier alpha value is -0.350. The van der Waals surface area contributed by atoms with Gasteiger partial charge in [-0.1, -0.05) is 13.8 Å². The molecule has 0 atom stereocenters. The van der Waals surface area contributed by atoms with Gasteiger partial charge in [0.2, 0.25) is 13.4 Å². The second kappa shape index (κ2) is 4.45. The van der Waals surface area contributed by atoms with Gasteiger partial charge >= 0.3 is 5.97 Å². The first kappa shape index (κ1) is 13.7. The smallest absolute Gasteiger partial charge is 0.310 e. The summed E-state index contributed by atoms with van der Waals surface area (Å²) in [5.74, 6) is -2.14. The van der Waals surface area contributed by atoms with E-state index < -0.39 is 19.3 Å². The molecule has 2 N–H and O–H groups in total. The van der Waals surface area contributed by atoms with Crippen LogP contribution in [-0.4, -0.2) is 27.8 Å². The zero-order chi connectivity index (χ0) is 11.6. The molecule has 0 unspecified atom stereocenters. The fraction of sp³-hybridized carbons (Fsp3) is 0.750. The zero-order valence-corrected chi connectivity index (χ0v) is 9.75. The van der Waals surface area contributed by atoms with E-state index in [1.54, 1.807) is 13.8 Å². The van der Waals surface area contributed by atoms with E-state index in [-0.39, 0.29) is 5.92 Å². The second-order valence-corrected chi connectivity index (χ2v) is 5.24. The Balaban J connectivity index is 4.35. The number of ether oxygens (including phenoxy) is 1. The maximum absolute atomic E-state index is 11.2. The van der Waals surface area contributed by atoms with Gasteiger partial charge in [-0.05, 0) is 6.30 Å². The van der Waals surface area contributed by atoms with Crippen LogP contribution < -0.4 is 0 Å². The number of rotatable bonds is 4. The summed E-state index contributed by atoms with van der Waals surface area (Å²) in [5.41, 5.74) is 0. The highest BCUT2D eigenvalue weighted by atomic mass is 31.2. The molecular weight excluding hydrogens is 207 g/mol. The van der Waals surface area contributed by atoms with Gasteiger partial charge in [-0.15, -0.1) is 0 Å². The third-order valence-corrected chi connectivity index (χ3v) is 1.92. The van der Waals surface area contributed by atoms with Gasteiger partial charge in [0.15, 0.2) is 0 Å². The summed E-state index contributed by atoms with van der Waals surface area (Å²) < 4.78 is 9.60. The van der Waals surface area contributed by atoms with E-state index in [1.165, 1.54) is 13.8 Å². The molecule has 0 bridgehead atoms. The summed E-state index contributed by atoms with van der Waals surface area (Å²) in [5, 5.41) is 0. The quantitative estimate of drug-likeness (QED) is 0.425. The average molecular weight is 224 g/mol. The van der Waals surface area contributed by atoms with Crippen LogP contribution in [0.25, 0.3) is 0 Å². The molecule has 0 aliphatic carbocycles. The average Bonchev–Trinajstić information content (AvgIpc) is 1.78. The lowest BCUT2D eigenvalue weighted by Gasteiger charge is -2.28. The van der Waals surface area contributed by atoms with Crippen molar-refractivity contribution >= 4 is 19.8 Å². The van der Waals surface area contributed by atoms with Crippen LogP contribution in [0.15, 0.2) is 0 Å². The van der Waals surface area contributed by atoms with E-state index in [0.29, 0.717) is 0 Å². The van der Waals surface area contributed by atoms with Crippen molar-refractivity contribution in [1.82, 2.24) is 0 Å². The third kappa shape index (κ3) is 6.16. The molecule has 0 aromatic carbocycles. The highest BCUT2D eigenvalue weighted by Gasteiger charge is 2.29. The fourth-order valence-corrected chi connectivity index (χ4v) is 1.47. The SMILES string of the molecule is C=P(O)(O)OC(C)(C)OC(=O)C(C)C. The van der Waals surface area contributed by atoms with E-state index in [0.717, 1.165) is 0 Å². The van der Waals surface area contributed by atoms with Crippen LogP contribution in [0.1, 0.15) is 27.7 Å². The first-order chi connectivity index (χ1) is 6.03. The molecule has 0 amide bonds. The van der Waals surface area contributed by atoms with Crippen LogP contribution in [0.4, 0.5) is 0 Å². The van der Waals surface area contributed by atoms with Crippen LogP contribution >= 0.6 is 7.57 Å². The Kier molecular flexibility index (Phi) is 4.34. The van der Waals surface area contributed by atoms with Gasteiger partial charge in [0, 0.05) is 13.8 Å². The summed E-state index contributed by atoms with van der Waals surface area (Å²) in [7, 11) is -3.65. The van der Waals surface area contributed by atoms with Crippen molar-refractivity contribution in [3.8, 4) is 0 Å². The molecule has 0 rings (SSSR count). The molecule has 5 nitrogen and oxygen atoms in total. The van der Waals surface area contributed by atoms with Crippen molar-refractivity contribution in [2.45, 2.75) is 33.5 Å². The van der Waals surface area contributed by atoms with Crippen molar-refractivity contribution < 1.29 is 23.8 Å². The Labute approximate surface area is 83.9 Å². The molecule has 0 radical (unpaired) electrons. The number of carbonyl (C=O) groups is 1. The van der Waals surface area contributed by atoms with Crippen LogP contribution in [0, 0.1) is 5.92 Å². The van der Waals surface area contributed by atoms with E-state index in [9.17, 15) is 4.79 Å². The Morgan fingerprint density at radius 1 is 1.43 bits per heavy atom. The molecule has 6 heteroatoms. The van der Waals surface area contributed by atoms with Crippen molar-refractivity contribution in [1.29, 1.82) is 0 Å². The van der Waals surface area contributed by atoms with Crippen LogP contribution in [0.2, 0.25) is 0 Å². The van der Waals surface area contributed by atoms with Crippen molar-refractivity contribution in [3.05, 3.63) is 0 Å². The van der Waals surface area contributed by atoms with Crippen LogP contribution in [0.3, 0.4) is 0 Å². The van der Waals surface area contributed by atoms with Crippen LogP contribution in [-0.2, 0) is 14.1 Å². The molecule has 0 saturated carbocycles. The second-order valence-electron chi connectivity index (χ2n) is 3.73. The van der Waals surface area contributed by atoms with Crippen molar-refractivity contribution in [2.75, 3.05) is 0 Å². The predicted molar refractivity (Wildman–Crippen MR) is 54.6 cm³/mol. The van der Waals surface area contributed by atoms with Gasteiger partial charge in [-0.2, -0.15) is 0 Å². The molecule has 0 fully saturated rings. The highest BCUT2D eigenvalue weighted by molar-refractivity contribution is 7.57. The number of esters is 1. The van der Waals surface area contributed by atoms with E-state index in [4.69, 9.17) is 19.0 Å². The number of carbonyl (C=O) groups excluding carboxylic acids is 1. The minimum Gasteiger partial charge on any atom is -0.433 e. The van der Waals surface area contributed by atoms with Crippen molar-refractivity contribution in [3.63, 3.8) is 0 Å². The zero-order valence-electron chi connectivity index (χ0n) is 8.85. The summed E-state index contributed by atoms with van der Waals surface area (Å²) in [6, 6.07) is 0. The minimum absolute atomic E-state index is 0.298. The summed E-state index contributed by atoms with van der Waals surface area (Å²) in [6.45, 7) is 6.17. The van der Waals surface area contributed by atoms with Gasteiger partial charge in [0.1, 0.15) is 0 Å². The molecule has 0 aromatic rings. The molecule has 0 aromatic heterocycles. The van der Waals surface area contributed by atoms with Gasteiger partial charge < -0.3 is 14.5 Å². The van der Waals surface area contributed by atoms with E-state index in [2.05, 4.69) is 6.30 Å². The topological polar surface area (TPSA) is 76.0 Å². The van der Waals surface area contributed by atoms with Crippen molar-refractivity contribution in [2.24, 2.45) is 5.92 Å². The monoisotopic (exact) mass is 224 g/mol. The number of hydrogen-bond acceptors (Lipinski definition) is 5. The Bertz CT molecular complexity index is 252. The molecule has 0 aliphatic heterocycles. The molecule has 0 spiro atoms. The lowest BCUT2D eigenvalue weighted by atomic mass is 10.2.